The van der Waals surface area contributed by atoms with Crippen molar-refractivity contribution in [3.05, 3.63) is 18.0 Å². The third-order valence-corrected chi connectivity index (χ3v) is 2.86. The van der Waals surface area contributed by atoms with E-state index in [0.29, 0.717) is 5.69 Å². The molecule has 0 saturated heterocycles. The van der Waals surface area contributed by atoms with Crippen molar-refractivity contribution >= 4 is 22.6 Å². The molecule has 2 heterocycles. The molecule has 1 amide bonds. The molecule has 0 aromatic carbocycles. The number of fused-ring (bicyclic) bond motifs is 1. The summed E-state index contributed by atoms with van der Waals surface area (Å²) in [5, 5.41) is 7.74. The van der Waals surface area contributed by atoms with Gasteiger partial charge in [0, 0.05) is 12.4 Å². The topological polar surface area (TPSA) is 69.0 Å². The van der Waals surface area contributed by atoms with Gasteiger partial charge in [0.2, 0.25) is 5.91 Å². The predicted molar refractivity (Wildman–Crippen MR) is 73.3 cm³/mol. The molecule has 0 saturated carbocycles. The fraction of sp³-hybridized carbons (Fsp3) is 0.462. The number of hydrogen-bond donors (Lipinski definition) is 1. The molecular weight excluding hydrogens is 282 g/mol. The van der Waals surface area contributed by atoms with E-state index < -0.39 is 13.0 Å². The molecule has 0 radical (unpaired) electrons. The van der Waals surface area contributed by atoms with E-state index in [2.05, 4.69) is 20.1 Å². The minimum atomic E-state index is -2.52. The molecule has 1 N–H and O–H groups in total. The lowest BCUT2D eigenvalue weighted by Crippen LogP contribution is -2.15. The lowest BCUT2D eigenvalue weighted by Gasteiger charge is -2.06. The Morgan fingerprint density at radius 2 is 2.29 bits per heavy atom. The highest BCUT2D eigenvalue weighted by atomic mass is 19.3. The maximum Gasteiger partial charge on any atom is 0.261 e. The van der Waals surface area contributed by atoms with Crippen molar-refractivity contribution in [2.24, 2.45) is 7.05 Å². The molecule has 6 nitrogen and oxygen atoms in total. The molecule has 0 atom stereocenters. The fourth-order valence-corrected chi connectivity index (χ4v) is 1.94. The third-order valence-electron chi connectivity index (χ3n) is 2.86. The standard InChI is InChI=1S/C13H16F2N4O2/c1-8-10-5-9(6-16-13(10)19(2)18-8)17-12(20)3-4-21-7-11(14)15/h5-6,11H,3-4,7H2,1-2H3,(H,17,20). The van der Waals surface area contributed by atoms with E-state index in [0.717, 1.165) is 16.7 Å². The summed E-state index contributed by atoms with van der Waals surface area (Å²) in [7, 11) is 1.79. The Morgan fingerprint density at radius 1 is 1.52 bits per heavy atom. The van der Waals surface area contributed by atoms with Crippen molar-refractivity contribution in [2.45, 2.75) is 19.8 Å². The molecule has 0 aliphatic heterocycles. The first-order valence-corrected chi connectivity index (χ1v) is 6.42. The minimum Gasteiger partial charge on any atom is -0.375 e. The molecule has 2 aromatic heterocycles. The molecule has 0 aliphatic carbocycles. The van der Waals surface area contributed by atoms with Crippen LogP contribution < -0.4 is 5.32 Å². The Morgan fingerprint density at radius 3 is 3.00 bits per heavy atom. The quantitative estimate of drug-likeness (QED) is 0.827. The highest BCUT2D eigenvalue weighted by molar-refractivity contribution is 5.93. The number of ether oxygens (including phenoxy) is 1. The van der Waals surface area contributed by atoms with Crippen LogP contribution in [0.25, 0.3) is 11.0 Å². The molecule has 114 valence electrons. The van der Waals surface area contributed by atoms with Gasteiger partial charge in [0.25, 0.3) is 6.43 Å². The predicted octanol–water partition coefficient (Wildman–Crippen LogP) is 1.89. The van der Waals surface area contributed by atoms with Gasteiger partial charge in [0.1, 0.15) is 6.61 Å². The summed E-state index contributed by atoms with van der Waals surface area (Å²) in [5.41, 5.74) is 2.08. The second kappa shape index (κ2) is 6.57. The number of pyridine rings is 1. The van der Waals surface area contributed by atoms with Crippen molar-refractivity contribution in [1.82, 2.24) is 14.8 Å². The van der Waals surface area contributed by atoms with Crippen molar-refractivity contribution in [2.75, 3.05) is 18.5 Å². The molecule has 0 aliphatic rings. The number of aryl methyl sites for hydroxylation is 2. The van der Waals surface area contributed by atoms with Crippen LogP contribution in [0, 0.1) is 6.92 Å². The largest absolute Gasteiger partial charge is 0.375 e. The molecule has 0 bridgehead atoms. The van der Waals surface area contributed by atoms with E-state index in [9.17, 15) is 13.6 Å². The highest BCUT2D eigenvalue weighted by Crippen LogP contribution is 2.19. The Labute approximate surface area is 120 Å². The summed E-state index contributed by atoms with van der Waals surface area (Å²) in [6, 6.07) is 1.78. The number of carbonyl (C=O) groups excluding carboxylic acids is 1. The smallest absolute Gasteiger partial charge is 0.261 e. The van der Waals surface area contributed by atoms with Crippen LogP contribution in [0.1, 0.15) is 12.1 Å². The minimum absolute atomic E-state index is 0.0107. The summed E-state index contributed by atoms with van der Waals surface area (Å²) in [4.78, 5) is 15.9. The van der Waals surface area contributed by atoms with Gasteiger partial charge < -0.3 is 10.1 Å². The van der Waals surface area contributed by atoms with Crippen molar-refractivity contribution in [1.29, 1.82) is 0 Å². The number of amides is 1. The molecular formula is C13H16F2N4O2. The monoisotopic (exact) mass is 298 g/mol. The van der Waals surface area contributed by atoms with Gasteiger partial charge in [-0.15, -0.1) is 0 Å². The van der Waals surface area contributed by atoms with E-state index in [-0.39, 0.29) is 18.9 Å². The molecule has 21 heavy (non-hydrogen) atoms. The van der Waals surface area contributed by atoms with Crippen molar-refractivity contribution in [3.8, 4) is 0 Å². The number of nitrogens with zero attached hydrogens (tertiary/aromatic N) is 3. The molecule has 0 spiro atoms. The van der Waals surface area contributed by atoms with Crippen molar-refractivity contribution in [3.63, 3.8) is 0 Å². The normalized spacial score (nSPS) is 11.3. The fourth-order valence-electron chi connectivity index (χ4n) is 1.94. The number of rotatable bonds is 6. The molecule has 2 rings (SSSR count). The second-order valence-corrected chi connectivity index (χ2v) is 4.57. The molecule has 0 unspecified atom stereocenters. The first kappa shape index (κ1) is 15.3. The molecule has 8 heteroatoms. The summed E-state index contributed by atoms with van der Waals surface area (Å²) in [6.45, 7) is 1.15. The summed E-state index contributed by atoms with van der Waals surface area (Å²) in [5.74, 6) is -0.313. The highest BCUT2D eigenvalue weighted by Gasteiger charge is 2.09. The van der Waals surface area contributed by atoms with Gasteiger partial charge in [-0.3, -0.25) is 9.48 Å². The first-order valence-electron chi connectivity index (χ1n) is 6.42. The summed E-state index contributed by atoms with van der Waals surface area (Å²) < 4.78 is 30.0. The Bertz CT molecular complexity index is 642. The van der Waals surface area contributed by atoms with Gasteiger partial charge in [-0.2, -0.15) is 5.10 Å². The number of anilines is 1. The number of carbonyl (C=O) groups is 1. The van der Waals surface area contributed by atoms with Gasteiger partial charge in [-0.25, -0.2) is 13.8 Å². The van der Waals surface area contributed by atoms with E-state index >= 15 is 0 Å². The lowest BCUT2D eigenvalue weighted by atomic mass is 10.2. The van der Waals surface area contributed by atoms with Gasteiger partial charge >= 0.3 is 0 Å². The zero-order chi connectivity index (χ0) is 15.4. The van der Waals surface area contributed by atoms with Gasteiger partial charge in [0.05, 0.1) is 30.6 Å². The Balaban J connectivity index is 1.93. The van der Waals surface area contributed by atoms with Crippen LogP contribution in [0.4, 0.5) is 14.5 Å². The van der Waals surface area contributed by atoms with Crippen LogP contribution in [0.5, 0.6) is 0 Å². The first-order chi connectivity index (χ1) is 9.97. The SMILES string of the molecule is Cc1nn(C)c2ncc(NC(=O)CCOCC(F)F)cc12. The maximum atomic E-state index is 11.9. The lowest BCUT2D eigenvalue weighted by molar-refractivity contribution is -0.117. The number of halogens is 2. The van der Waals surface area contributed by atoms with Crippen LogP contribution in [0.3, 0.4) is 0 Å². The molecule has 2 aromatic rings. The Hall–Kier alpha value is -2.09. The zero-order valence-electron chi connectivity index (χ0n) is 11.8. The van der Waals surface area contributed by atoms with E-state index in [1.165, 1.54) is 6.20 Å². The van der Waals surface area contributed by atoms with Crippen LogP contribution in [-0.2, 0) is 16.6 Å². The van der Waals surface area contributed by atoms with Crippen molar-refractivity contribution < 1.29 is 18.3 Å². The van der Waals surface area contributed by atoms with Crippen LogP contribution in [0.15, 0.2) is 12.3 Å². The van der Waals surface area contributed by atoms with Gasteiger partial charge in [-0.05, 0) is 13.0 Å². The number of aromatic nitrogens is 3. The molecule has 0 fully saturated rings. The van der Waals surface area contributed by atoms with Gasteiger partial charge in [0.15, 0.2) is 5.65 Å². The Kier molecular flexibility index (Phi) is 4.79. The number of hydrogen-bond acceptors (Lipinski definition) is 4. The van der Waals surface area contributed by atoms with E-state index in [4.69, 9.17) is 0 Å². The zero-order valence-corrected chi connectivity index (χ0v) is 11.8. The van der Waals surface area contributed by atoms with Crippen LogP contribution >= 0.6 is 0 Å². The van der Waals surface area contributed by atoms with E-state index in [1.54, 1.807) is 17.8 Å². The maximum absolute atomic E-state index is 11.9. The number of alkyl halides is 2. The summed E-state index contributed by atoms with van der Waals surface area (Å²) in [6.07, 6.45) is -0.980. The third kappa shape index (κ3) is 3.94. The van der Waals surface area contributed by atoms with Crippen LogP contribution in [0.2, 0.25) is 0 Å². The van der Waals surface area contributed by atoms with Gasteiger partial charge in [-0.1, -0.05) is 0 Å². The second-order valence-electron chi connectivity index (χ2n) is 4.57. The summed E-state index contributed by atoms with van der Waals surface area (Å²) >= 11 is 0. The average Bonchev–Trinajstić information content (AvgIpc) is 2.70. The average molecular weight is 298 g/mol. The van der Waals surface area contributed by atoms with Crippen LogP contribution in [-0.4, -0.2) is 40.3 Å². The van der Waals surface area contributed by atoms with E-state index in [1.807, 2.05) is 6.92 Å². The number of nitrogens with one attached hydrogen (secondary N) is 1.